The summed E-state index contributed by atoms with van der Waals surface area (Å²) in [6.07, 6.45) is 1.62. The molecule has 0 radical (unpaired) electrons. The molecule has 0 bridgehead atoms. The van der Waals surface area contributed by atoms with Gasteiger partial charge >= 0.3 is 6.09 Å². The number of alkyl carbamates (subject to hydrolysis) is 1. The largest absolute Gasteiger partial charge is 0.494 e. The highest BCUT2D eigenvalue weighted by Gasteiger charge is 2.39. The molecule has 2 N–H and O–H groups in total. The number of rotatable bonds is 7. The lowest BCUT2D eigenvalue weighted by Gasteiger charge is -2.29. The van der Waals surface area contributed by atoms with Crippen molar-refractivity contribution in [3.63, 3.8) is 0 Å². The Hall–Kier alpha value is -3.10. The molecule has 0 spiro atoms. The molecule has 31 heavy (non-hydrogen) atoms. The van der Waals surface area contributed by atoms with E-state index in [0.717, 1.165) is 18.4 Å². The van der Waals surface area contributed by atoms with Gasteiger partial charge in [0, 0.05) is 25.1 Å². The zero-order chi connectivity index (χ0) is 22.6. The van der Waals surface area contributed by atoms with Crippen LogP contribution in [-0.2, 0) is 20.9 Å². The number of nitrogens with one attached hydrogen (secondary N) is 2. The third-order valence-electron chi connectivity index (χ3n) is 5.00. The second kappa shape index (κ2) is 9.36. The Kier molecular flexibility index (Phi) is 6.82. The zero-order valence-electron chi connectivity index (χ0n) is 18.2. The Labute approximate surface area is 181 Å². The number of imide groups is 1. The van der Waals surface area contributed by atoms with Gasteiger partial charge in [-0.1, -0.05) is 0 Å². The molecule has 2 heterocycles. The average Bonchev–Trinajstić information content (AvgIpc) is 2.99. The lowest BCUT2D eigenvalue weighted by molar-refractivity contribution is -0.136. The first-order chi connectivity index (χ1) is 14.6. The number of benzene rings is 1. The number of hydrogen-bond donors (Lipinski definition) is 2. The van der Waals surface area contributed by atoms with Crippen molar-refractivity contribution in [3.05, 3.63) is 29.3 Å². The van der Waals surface area contributed by atoms with Gasteiger partial charge in [0.25, 0.3) is 5.91 Å². The number of carbonyl (C=O) groups is 4. The summed E-state index contributed by atoms with van der Waals surface area (Å²) in [7, 11) is 0. The highest BCUT2D eigenvalue weighted by atomic mass is 16.6. The predicted octanol–water partition coefficient (Wildman–Crippen LogP) is 2.13. The fourth-order valence-electron chi connectivity index (χ4n) is 3.56. The molecule has 1 fully saturated rings. The molecule has 9 nitrogen and oxygen atoms in total. The lowest BCUT2D eigenvalue weighted by Crippen LogP contribution is -2.52. The summed E-state index contributed by atoms with van der Waals surface area (Å²) >= 11 is 0. The van der Waals surface area contributed by atoms with Gasteiger partial charge in [-0.15, -0.1) is 0 Å². The number of carbonyl (C=O) groups excluding carboxylic acids is 4. The molecule has 1 aromatic carbocycles. The van der Waals surface area contributed by atoms with E-state index in [1.54, 1.807) is 12.1 Å². The maximum absolute atomic E-state index is 12.7. The molecule has 1 unspecified atom stereocenters. The Morgan fingerprint density at radius 2 is 2.00 bits per heavy atom. The molecule has 9 heteroatoms. The molecule has 1 aromatic rings. The molecule has 1 saturated heterocycles. The van der Waals surface area contributed by atoms with Crippen LogP contribution in [0.3, 0.4) is 0 Å². The summed E-state index contributed by atoms with van der Waals surface area (Å²) in [5.41, 5.74) is 0.841. The zero-order valence-corrected chi connectivity index (χ0v) is 18.2. The van der Waals surface area contributed by atoms with E-state index in [1.807, 2.05) is 26.8 Å². The molecule has 4 amide bonds. The Bertz CT molecular complexity index is 876. The molecule has 0 aliphatic carbocycles. The fourth-order valence-corrected chi connectivity index (χ4v) is 3.56. The highest BCUT2D eigenvalue weighted by Crippen LogP contribution is 2.30. The van der Waals surface area contributed by atoms with Crippen LogP contribution in [0, 0.1) is 0 Å². The van der Waals surface area contributed by atoms with E-state index in [4.69, 9.17) is 9.47 Å². The van der Waals surface area contributed by atoms with E-state index in [2.05, 4.69) is 10.6 Å². The van der Waals surface area contributed by atoms with Gasteiger partial charge in [-0.2, -0.15) is 0 Å². The van der Waals surface area contributed by atoms with Gasteiger partial charge in [-0.3, -0.25) is 19.7 Å². The number of fused-ring (bicyclic) bond motifs is 1. The first kappa shape index (κ1) is 22.6. The number of ether oxygens (including phenoxy) is 2. The van der Waals surface area contributed by atoms with Crippen molar-refractivity contribution in [3.8, 4) is 5.75 Å². The number of amides is 4. The van der Waals surface area contributed by atoms with Gasteiger partial charge in [0.05, 0.1) is 6.61 Å². The topological polar surface area (TPSA) is 114 Å². The van der Waals surface area contributed by atoms with Crippen molar-refractivity contribution in [1.29, 1.82) is 0 Å². The highest BCUT2D eigenvalue weighted by molar-refractivity contribution is 6.05. The first-order valence-electron chi connectivity index (χ1n) is 10.5. The third kappa shape index (κ3) is 5.96. The quantitative estimate of drug-likeness (QED) is 0.505. The summed E-state index contributed by atoms with van der Waals surface area (Å²) in [6.45, 7) is 6.73. The molecule has 0 aromatic heterocycles. The van der Waals surface area contributed by atoms with Gasteiger partial charge in [0.1, 0.15) is 17.4 Å². The van der Waals surface area contributed by atoms with Crippen LogP contribution in [0.4, 0.5) is 4.79 Å². The summed E-state index contributed by atoms with van der Waals surface area (Å²) < 4.78 is 10.9. The SMILES string of the molecule is CC(C)(C)OC(=O)NCCCCOc1ccc2c(c1)CN(C1CCC(=O)NC1=O)C2=O. The normalized spacial score (nSPS) is 18.5. The minimum absolute atomic E-state index is 0.204. The molecule has 168 valence electrons. The van der Waals surface area contributed by atoms with E-state index in [1.165, 1.54) is 4.90 Å². The van der Waals surface area contributed by atoms with Gasteiger partial charge in [0.2, 0.25) is 11.8 Å². The standard InChI is InChI=1S/C22H29N3O6/c1-22(2,3)31-21(29)23-10-4-5-11-30-15-6-7-16-14(12-15)13-25(20(16)28)17-8-9-18(26)24-19(17)27/h6-7,12,17H,4-5,8-11,13H2,1-3H3,(H,23,29)(H,24,26,27). The van der Waals surface area contributed by atoms with E-state index in [9.17, 15) is 19.2 Å². The van der Waals surface area contributed by atoms with Gasteiger partial charge in [-0.05, 0) is 63.8 Å². The average molecular weight is 431 g/mol. The van der Waals surface area contributed by atoms with Crippen LogP contribution >= 0.6 is 0 Å². The van der Waals surface area contributed by atoms with Crippen LogP contribution in [0.2, 0.25) is 0 Å². The van der Waals surface area contributed by atoms with Crippen LogP contribution in [0.25, 0.3) is 0 Å². The van der Waals surface area contributed by atoms with Gasteiger partial charge in [-0.25, -0.2) is 4.79 Å². The molecule has 3 rings (SSSR count). The van der Waals surface area contributed by atoms with Crippen molar-refractivity contribution in [2.75, 3.05) is 13.2 Å². The summed E-state index contributed by atoms with van der Waals surface area (Å²) in [5, 5.41) is 5.00. The van der Waals surface area contributed by atoms with Crippen LogP contribution in [0.5, 0.6) is 5.75 Å². The summed E-state index contributed by atoms with van der Waals surface area (Å²) in [5.74, 6) is -0.280. The van der Waals surface area contributed by atoms with Gasteiger partial charge < -0.3 is 19.7 Å². The maximum Gasteiger partial charge on any atom is 0.407 e. The monoisotopic (exact) mass is 431 g/mol. The van der Waals surface area contributed by atoms with E-state index < -0.39 is 23.6 Å². The second-order valence-corrected chi connectivity index (χ2v) is 8.70. The predicted molar refractivity (Wildman–Crippen MR) is 111 cm³/mol. The maximum atomic E-state index is 12.7. The Balaban J connectivity index is 1.44. The second-order valence-electron chi connectivity index (χ2n) is 8.70. The van der Waals surface area contributed by atoms with Crippen molar-refractivity contribution >= 4 is 23.8 Å². The van der Waals surface area contributed by atoms with Crippen LogP contribution < -0.4 is 15.4 Å². The molecular formula is C22H29N3O6. The van der Waals surface area contributed by atoms with Crippen molar-refractivity contribution < 1.29 is 28.7 Å². The van der Waals surface area contributed by atoms with Crippen LogP contribution in [0.1, 0.15) is 62.4 Å². The van der Waals surface area contributed by atoms with Gasteiger partial charge in [0.15, 0.2) is 0 Å². The van der Waals surface area contributed by atoms with Crippen LogP contribution in [-0.4, -0.2) is 53.5 Å². The minimum Gasteiger partial charge on any atom is -0.494 e. The number of piperidine rings is 1. The summed E-state index contributed by atoms with van der Waals surface area (Å²) in [4.78, 5) is 49.2. The van der Waals surface area contributed by atoms with E-state index in [0.29, 0.717) is 37.4 Å². The fraction of sp³-hybridized carbons (Fsp3) is 0.545. The molecule has 2 aliphatic heterocycles. The number of unbranched alkanes of at least 4 members (excludes halogenated alkanes) is 1. The molecular weight excluding hydrogens is 402 g/mol. The Morgan fingerprint density at radius 1 is 1.23 bits per heavy atom. The molecule has 0 saturated carbocycles. The van der Waals surface area contributed by atoms with Crippen molar-refractivity contribution in [1.82, 2.24) is 15.5 Å². The van der Waals surface area contributed by atoms with Crippen molar-refractivity contribution in [2.45, 2.75) is 64.6 Å². The summed E-state index contributed by atoms with van der Waals surface area (Å²) in [6, 6.07) is 4.64. The smallest absolute Gasteiger partial charge is 0.407 e. The van der Waals surface area contributed by atoms with E-state index >= 15 is 0 Å². The molecule has 1 atom stereocenters. The number of nitrogens with zero attached hydrogens (tertiary/aromatic N) is 1. The minimum atomic E-state index is -0.626. The third-order valence-corrected chi connectivity index (χ3v) is 5.00. The molecule has 2 aliphatic rings. The van der Waals surface area contributed by atoms with E-state index in [-0.39, 0.29) is 18.2 Å². The van der Waals surface area contributed by atoms with Crippen molar-refractivity contribution in [2.24, 2.45) is 0 Å². The first-order valence-corrected chi connectivity index (χ1v) is 10.5. The lowest BCUT2D eigenvalue weighted by atomic mass is 10.0. The Morgan fingerprint density at radius 3 is 2.71 bits per heavy atom. The number of hydrogen-bond acceptors (Lipinski definition) is 6. The van der Waals surface area contributed by atoms with Crippen LogP contribution in [0.15, 0.2) is 18.2 Å².